The van der Waals surface area contributed by atoms with Gasteiger partial charge in [-0.2, -0.15) is 0 Å². The Bertz CT molecular complexity index is 492. The Kier molecular flexibility index (Phi) is 8.20. The monoisotopic (exact) mass is 382 g/mol. The van der Waals surface area contributed by atoms with Crippen LogP contribution in [0.4, 0.5) is 4.79 Å². The zero-order valence-corrected chi connectivity index (χ0v) is 17.8. The van der Waals surface area contributed by atoms with Gasteiger partial charge in [0, 0.05) is 39.3 Å². The van der Waals surface area contributed by atoms with Crippen LogP contribution in [-0.2, 0) is 9.47 Å². The zero-order chi connectivity index (χ0) is 19.9. The molecule has 7 heteroatoms. The van der Waals surface area contributed by atoms with Crippen LogP contribution in [0.25, 0.3) is 0 Å². The van der Waals surface area contributed by atoms with Gasteiger partial charge in [-0.15, -0.1) is 0 Å². The lowest BCUT2D eigenvalue weighted by atomic mass is 10.0. The van der Waals surface area contributed by atoms with Crippen molar-refractivity contribution in [2.75, 3.05) is 46.4 Å². The maximum absolute atomic E-state index is 12.8. The van der Waals surface area contributed by atoms with Crippen molar-refractivity contribution in [2.24, 2.45) is 10.9 Å². The molecule has 0 aromatic rings. The standard InChI is InChI=1S/C20H38N4O3/c1-6-21-18(22-11-14-26-5)23-12-9-17(10-13-23)24(15-16-7-8-16)19(25)27-20(2,3)4/h16-17H,6-15H2,1-5H3,(H,21,22). The fraction of sp³-hybridized carbons (Fsp3) is 0.900. The number of carbonyl (C=O) groups excluding carboxylic acids is 1. The molecule has 27 heavy (non-hydrogen) atoms. The summed E-state index contributed by atoms with van der Waals surface area (Å²) in [5.74, 6) is 1.60. The lowest BCUT2D eigenvalue weighted by Gasteiger charge is -2.40. The van der Waals surface area contributed by atoms with Crippen LogP contribution in [0.3, 0.4) is 0 Å². The first kappa shape index (κ1) is 21.8. The Morgan fingerprint density at radius 1 is 1.22 bits per heavy atom. The normalized spacial score (nSPS) is 19.1. The summed E-state index contributed by atoms with van der Waals surface area (Å²) in [4.78, 5) is 21.7. The van der Waals surface area contributed by atoms with Gasteiger partial charge in [0.25, 0.3) is 0 Å². The number of amides is 1. The number of guanidine groups is 1. The van der Waals surface area contributed by atoms with E-state index in [1.807, 2.05) is 25.7 Å². The van der Waals surface area contributed by atoms with Crippen LogP contribution in [0.1, 0.15) is 53.4 Å². The molecule has 1 saturated carbocycles. The number of rotatable bonds is 7. The second kappa shape index (κ2) is 10.2. The van der Waals surface area contributed by atoms with Crippen LogP contribution in [-0.4, -0.2) is 79.9 Å². The Balaban J connectivity index is 1.95. The molecule has 1 heterocycles. The predicted molar refractivity (Wildman–Crippen MR) is 108 cm³/mol. The third-order valence-electron chi connectivity index (χ3n) is 4.88. The molecular formula is C20H38N4O3. The molecule has 0 spiro atoms. The van der Waals surface area contributed by atoms with Gasteiger partial charge in [-0.05, 0) is 59.3 Å². The van der Waals surface area contributed by atoms with Gasteiger partial charge >= 0.3 is 6.09 Å². The van der Waals surface area contributed by atoms with Crippen molar-refractivity contribution in [1.82, 2.24) is 15.1 Å². The zero-order valence-electron chi connectivity index (χ0n) is 17.8. The number of aliphatic imine (C=N–C) groups is 1. The first-order valence-electron chi connectivity index (χ1n) is 10.4. The van der Waals surface area contributed by atoms with Crippen LogP contribution in [0.5, 0.6) is 0 Å². The Hall–Kier alpha value is -1.50. The minimum Gasteiger partial charge on any atom is -0.444 e. The molecule has 0 atom stereocenters. The molecule has 0 bridgehead atoms. The van der Waals surface area contributed by atoms with Crippen LogP contribution in [0, 0.1) is 5.92 Å². The number of piperidine rings is 1. The van der Waals surface area contributed by atoms with Crippen molar-refractivity contribution in [1.29, 1.82) is 0 Å². The smallest absolute Gasteiger partial charge is 0.410 e. The van der Waals surface area contributed by atoms with Crippen LogP contribution in [0.15, 0.2) is 4.99 Å². The fourth-order valence-electron chi connectivity index (χ4n) is 3.33. The van der Waals surface area contributed by atoms with Crippen molar-refractivity contribution in [3.63, 3.8) is 0 Å². The molecule has 2 rings (SSSR count). The molecular weight excluding hydrogens is 344 g/mol. The van der Waals surface area contributed by atoms with Crippen LogP contribution >= 0.6 is 0 Å². The van der Waals surface area contributed by atoms with E-state index in [2.05, 4.69) is 22.1 Å². The maximum Gasteiger partial charge on any atom is 0.410 e. The molecule has 1 N–H and O–H groups in total. The van der Waals surface area contributed by atoms with E-state index in [4.69, 9.17) is 9.47 Å². The van der Waals surface area contributed by atoms with Crippen LogP contribution < -0.4 is 5.32 Å². The highest BCUT2D eigenvalue weighted by atomic mass is 16.6. The van der Waals surface area contributed by atoms with E-state index < -0.39 is 5.60 Å². The molecule has 7 nitrogen and oxygen atoms in total. The van der Waals surface area contributed by atoms with Gasteiger partial charge in [-0.1, -0.05) is 0 Å². The quantitative estimate of drug-likeness (QED) is 0.417. The molecule has 1 aliphatic carbocycles. The third-order valence-corrected chi connectivity index (χ3v) is 4.88. The van der Waals surface area contributed by atoms with Gasteiger partial charge in [0.1, 0.15) is 5.60 Å². The number of methoxy groups -OCH3 is 1. The summed E-state index contributed by atoms with van der Waals surface area (Å²) in [7, 11) is 1.69. The molecule has 1 aliphatic heterocycles. The maximum atomic E-state index is 12.8. The van der Waals surface area contributed by atoms with E-state index >= 15 is 0 Å². The highest BCUT2D eigenvalue weighted by molar-refractivity contribution is 5.80. The van der Waals surface area contributed by atoms with Gasteiger partial charge < -0.3 is 24.6 Å². The van der Waals surface area contributed by atoms with Crippen molar-refractivity contribution >= 4 is 12.1 Å². The first-order valence-corrected chi connectivity index (χ1v) is 10.4. The highest BCUT2D eigenvalue weighted by Gasteiger charge is 2.35. The molecule has 0 aromatic carbocycles. The number of hydrogen-bond acceptors (Lipinski definition) is 4. The average Bonchev–Trinajstić information content (AvgIpc) is 3.42. The van der Waals surface area contributed by atoms with Gasteiger partial charge in [0.2, 0.25) is 0 Å². The summed E-state index contributed by atoms with van der Waals surface area (Å²) in [6.45, 7) is 12.6. The van der Waals surface area contributed by atoms with Crippen molar-refractivity contribution in [3.8, 4) is 0 Å². The van der Waals surface area contributed by atoms with Gasteiger partial charge in [-0.25, -0.2) is 4.79 Å². The first-order chi connectivity index (χ1) is 12.8. The number of hydrogen-bond donors (Lipinski definition) is 1. The summed E-state index contributed by atoms with van der Waals surface area (Å²) in [5.41, 5.74) is -0.453. The van der Waals surface area contributed by atoms with E-state index in [0.717, 1.165) is 45.0 Å². The van der Waals surface area contributed by atoms with Crippen molar-refractivity contribution in [2.45, 2.75) is 65.0 Å². The van der Waals surface area contributed by atoms with Crippen molar-refractivity contribution in [3.05, 3.63) is 0 Å². The van der Waals surface area contributed by atoms with E-state index in [1.54, 1.807) is 7.11 Å². The molecule has 0 unspecified atom stereocenters. The topological polar surface area (TPSA) is 66.4 Å². The number of carbonyl (C=O) groups is 1. The van der Waals surface area contributed by atoms with E-state index in [0.29, 0.717) is 19.1 Å². The number of ether oxygens (including phenoxy) is 2. The highest BCUT2D eigenvalue weighted by Crippen LogP contribution is 2.32. The Morgan fingerprint density at radius 3 is 2.41 bits per heavy atom. The van der Waals surface area contributed by atoms with E-state index in [-0.39, 0.29) is 12.1 Å². The molecule has 0 aromatic heterocycles. The minimum absolute atomic E-state index is 0.159. The summed E-state index contributed by atoms with van der Waals surface area (Å²) in [5, 5.41) is 3.37. The van der Waals surface area contributed by atoms with Gasteiger partial charge in [-0.3, -0.25) is 4.99 Å². The van der Waals surface area contributed by atoms with E-state index in [1.165, 1.54) is 12.8 Å². The lowest BCUT2D eigenvalue weighted by molar-refractivity contribution is 0.00928. The number of nitrogens with zero attached hydrogens (tertiary/aromatic N) is 3. The molecule has 2 fully saturated rings. The van der Waals surface area contributed by atoms with Crippen LogP contribution in [0.2, 0.25) is 0 Å². The third kappa shape index (κ3) is 7.56. The van der Waals surface area contributed by atoms with Gasteiger partial charge in [0.15, 0.2) is 5.96 Å². The van der Waals surface area contributed by atoms with Crippen molar-refractivity contribution < 1.29 is 14.3 Å². The molecule has 2 aliphatic rings. The molecule has 1 amide bonds. The summed E-state index contributed by atoms with van der Waals surface area (Å²) < 4.78 is 10.8. The van der Waals surface area contributed by atoms with E-state index in [9.17, 15) is 4.79 Å². The summed E-state index contributed by atoms with van der Waals surface area (Å²) >= 11 is 0. The minimum atomic E-state index is -0.453. The Labute approximate surface area is 164 Å². The lowest BCUT2D eigenvalue weighted by Crippen LogP contribution is -2.52. The number of nitrogens with one attached hydrogen (secondary N) is 1. The molecule has 1 saturated heterocycles. The predicted octanol–water partition coefficient (Wildman–Crippen LogP) is 2.71. The molecule has 156 valence electrons. The average molecular weight is 383 g/mol. The summed E-state index contributed by atoms with van der Waals surface area (Å²) in [6, 6.07) is 0.249. The SMILES string of the molecule is CCNC(=NCCOC)N1CCC(N(CC2CC2)C(=O)OC(C)(C)C)CC1. The second-order valence-electron chi connectivity index (χ2n) is 8.52. The largest absolute Gasteiger partial charge is 0.444 e. The Morgan fingerprint density at radius 2 is 1.89 bits per heavy atom. The second-order valence-corrected chi connectivity index (χ2v) is 8.52. The fourth-order valence-corrected chi connectivity index (χ4v) is 3.33. The van der Waals surface area contributed by atoms with Gasteiger partial charge in [0.05, 0.1) is 13.2 Å². The summed E-state index contributed by atoms with van der Waals surface area (Å²) in [6.07, 6.45) is 4.19. The molecule has 0 radical (unpaired) electrons. The number of likely N-dealkylation sites (tertiary alicyclic amines) is 1.